The summed E-state index contributed by atoms with van der Waals surface area (Å²) in [6.45, 7) is 1.68. The van der Waals surface area contributed by atoms with E-state index in [2.05, 4.69) is 15.6 Å². The second kappa shape index (κ2) is 9.44. The molecule has 1 aliphatic heterocycles. The van der Waals surface area contributed by atoms with E-state index in [1.807, 2.05) is 6.07 Å². The predicted octanol–water partition coefficient (Wildman–Crippen LogP) is 0.102. The number of carbonyl (C=O) groups excluding carboxylic acids is 3. The Bertz CT molecular complexity index is 1260. The van der Waals surface area contributed by atoms with Gasteiger partial charge in [-0.1, -0.05) is 0 Å². The highest BCUT2D eigenvalue weighted by Crippen LogP contribution is 2.35. The van der Waals surface area contributed by atoms with Crippen LogP contribution in [0.25, 0.3) is 11.3 Å². The minimum Gasteiger partial charge on any atom is -0.352 e. The zero-order chi connectivity index (χ0) is 24.4. The molecule has 0 spiro atoms. The van der Waals surface area contributed by atoms with E-state index in [4.69, 9.17) is 5.84 Å². The molecule has 34 heavy (non-hydrogen) atoms. The van der Waals surface area contributed by atoms with Crippen LogP contribution in [0.4, 0.5) is 5.69 Å². The predicted molar refractivity (Wildman–Crippen MR) is 122 cm³/mol. The van der Waals surface area contributed by atoms with Gasteiger partial charge >= 0.3 is 0 Å². The van der Waals surface area contributed by atoms with Crippen molar-refractivity contribution in [1.82, 2.24) is 20.2 Å². The fourth-order valence-corrected chi connectivity index (χ4v) is 3.88. The van der Waals surface area contributed by atoms with E-state index in [9.17, 15) is 24.4 Å². The van der Waals surface area contributed by atoms with Gasteiger partial charge in [0.1, 0.15) is 12.4 Å². The molecule has 1 aromatic heterocycles. The first kappa shape index (κ1) is 23.1. The third kappa shape index (κ3) is 4.97. The summed E-state index contributed by atoms with van der Waals surface area (Å²) >= 11 is 0. The maximum Gasteiger partial charge on any atom is 0.254 e. The molecule has 1 saturated heterocycles. The summed E-state index contributed by atoms with van der Waals surface area (Å²) in [5.41, 5.74) is 0.879. The standard InChI is InChI=1S/C23H25N7O4/c1-13-27-18(9-22(33)29(13)12-21(32)26-11-16-5-7-20(31)28-16)17-6-2-14(10-24)8-19(17)30(25)23(34)15-3-4-15/h2,6,8-9,15-16H,3-5,7,11-12,25H2,1H3,(H,26,32)(H,28,31). The third-order valence-corrected chi connectivity index (χ3v) is 5.96. The van der Waals surface area contributed by atoms with Crippen LogP contribution < -0.4 is 27.0 Å². The van der Waals surface area contributed by atoms with Crippen LogP contribution in [0.15, 0.2) is 29.1 Å². The summed E-state index contributed by atoms with van der Waals surface area (Å²) in [6, 6.07) is 7.85. The second-order valence-corrected chi connectivity index (χ2v) is 8.55. The van der Waals surface area contributed by atoms with Crippen LogP contribution in [0, 0.1) is 24.2 Å². The Kier molecular flexibility index (Phi) is 6.43. The number of nitrogens with two attached hydrogens (primary N) is 1. The average Bonchev–Trinajstić information content (AvgIpc) is 3.59. The Hall–Kier alpha value is -4.04. The normalized spacial score (nSPS) is 17.1. The van der Waals surface area contributed by atoms with E-state index in [1.165, 1.54) is 16.7 Å². The lowest BCUT2D eigenvalue weighted by atomic mass is 10.1. The van der Waals surface area contributed by atoms with Crippen molar-refractivity contribution < 1.29 is 14.4 Å². The summed E-state index contributed by atoms with van der Waals surface area (Å²) < 4.78 is 1.24. The molecule has 0 bridgehead atoms. The van der Waals surface area contributed by atoms with Gasteiger partial charge in [-0.25, -0.2) is 15.8 Å². The van der Waals surface area contributed by atoms with Crippen molar-refractivity contribution in [2.75, 3.05) is 11.6 Å². The summed E-state index contributed by atoms with van der Waals surface area (Å²) in [4.78, 5) is 53.5. The number of nitrogens with zero attached hydrogens (tertiary/aromatic N) is 4. The number of hydrazine groups is 1. The zero-order valence-corrected chi connectivity index (χ0v) is 18.7. The third-order valence-electron chi connectivity index (χ3n) is 5.96. The number of benzene rings is 1. The van der Waals surface area contributed by atoms with Gasteiger partial charge in [-0.2, -0.15) is 5.26 Å². The molecule has 2 fully saturated rings. The molecule has 1 unspecified atom stereocenters. The smallest absolute Gasteiger partial charge is 0.254 e. The van der Waals surface area contributed by atoms with E-state index in [1.54, 1.807) is 19.1 Å². The molecule has 2 aromatic rings. The average molecular weight is 463 g/mol. The van der Waals surface area contributed by atoms with Crippen molar-refractivity contribution in [3.63, 3.8) is 0 Å². The zero-order valence-electron chi connectivity index (χ0n) is 18.7. The number of hydrogen-bond donors (Lipinski definition) is 3. The van der Waals surface area contributed by atoms with Crippen LogP contribution in [0.2, 0.25) is 0 Å². The van der Waals surface area contributed by atoms with E-state index >= 15 is 0 Å². The van der Waals surface area contributed by atoms with Gasteiger partial charge in [-0.15, -0.1) is 0 Å². The number of aromatic nitrogens is 2. The monoisotopic (exact) mass is 463 g/mol. The number of carbonyl (C=O) groups is 3. The second-order valence-electron chi connectivity index (χ2n) is 8.55. The Morgan fingerprint density at radius 1 is 1.29 bits per heavy atom. The van der Waals surface area contributed by atoms with Gasteiger partial charge in [0.05, 0.1) is 23.0 Å². The van der Waals surface area contributed by atoms with Crippen molar-refractivity contribution in [3.05, 3.63) is 46.0 Å². The summed E-state index contributed by atoms with van der Waals surface area (Å²) in [5.74, 6) is 5.59. The maximum atomic E-state index is 12.9. The summed E-state index contributed by atoms with van der Waals surface area (Å²) in [7, 11) is 0. The Labute approximate surface area is 195 Å². The van der Waals surface area contributed by atoms with Crippen LogP contribution >= 0.6 is 0 Å². The number of anilines is 1. The molecule has 3 amide bonds. The highest BCUT2D eigenvalue weighted by Gasteiger charge is 2.34. The van der Waals surface area contributed by atoms with E-state index in [0.717, 1.165) is 17.9 Å². The topological polar surface area (TPSA) is 163 Å². The van der Waals surface area contributed by atoms with Gasteiger partial charge < -0.3 is 10.6 Å². The van der Waals surface area contributed by atoms with Crippen molar-refractivity contribution >= 4 is 23.4 Å². The van der Waals surface area contributed by atoms with E-state index < -0.39 is 5.56 Å². The minimum atomic E-state index is -0.445. The van der Waals surface area contributed by atoms with E-state index in [0.29, 0.717) is 36.3 Å². The number of rotatable bonds is 7. The quantitative estimate of drug-likeness (QED) is 0.298. The maximum absolute atomic E-state index is 12.9. The van der Waals surface area contributed by atoms with Crippen LogP contribution in [0.1, 0.15) is 37.1 Å². The highest BCUT2D eigenvalue weighted by molar-refractivity contribution is 5.99. The van der Waals surface area contributed by atoms with Crippen molar-refractivity contribution in [3.8, 4) is 17.3 Å². The van der Waals surface area contributed by atoms with Crippen LogP contribution in [0.3, 0.4) is 0 Å². The molecular weight excluding hydrogens is 438 g/mol. The van der Waals surface area contributed by atoms with Gasteiger partial charge in [-0.05, 0) is 44.4 Å². The van der Waals surface area contributed by atoms with Gasteiger partial charge in [0, 0.05) is 36.6 Å². The highest BCUT2D eigenvalue weighted by atomic mass is 16.2. The number of nitriles is 1. The molecule has 4 rings (SSSR count). The largest absolute Gasteiger partial charge is 0.352 e. The number of aryl methyl sites for hydroxylation is 1. The van der Waals surface area contributed by atoms with Crippen molar-refractivity contribution in [1.29, 1.82) is 5.26 Å². The lowest BCUT2D eigenvalue weighted by molar-refractivity contribution is -0.122. The molecule has 2 aliphatic rings. The first-order valence-corrected chi connectivity index (χ1v) is 11.0. The molecule has 2 heterocycles. The molecule has 176 valence electrons. The molecule has 1 atom stereocenters. The molecule has 0 radical (unpaired) electrons. The summed E-state index contributed by atoms with van der Waals surface area (Å²) in [5, 5.41) is 15.8. The van der Waals surface area contributed by atoms with Crippen LogP contribution in [-0.4, -0.2) is 39.9 Å². The lowest BCUT2D eigenvalue weighted by Gasteiger charge is -2.20. The van der Waals surface area contributed by atoms with Gasteiger partial charge in [0.25, 0.3) is 5.56 Å². The van der Waals surface area contributed by atoms with Gasteiger partial charge in [-0.3, -0.25) is 23.7 Å². The van der Waals surface area contributed by atoms with Crippen molar-refractivity contribution in [2.45, 2.75) is 45.2 Å². The molecule has 1 aliphatic carbocycles. The van der Waals surface area contributed by atoms with Crippen LogP contribution in [-0.2, 0) is 20.9 Å². The first-order chi connectivity index (χ1) is 16.3. The van der Waals surface area contributed by atoms with Crippen LogP contribution in [0.5, 0.6) is 0 Å². The number of nitrogens with one attached hydrogen (secondary N) is 2. The molecule has 4 N–H and O–H groups in total. The van der Waals surface area contributed by atoms with Crippen molar-refractivity contribution in [2.24, 2.45) is 11.8 Å². The Morgan fingerprint density at radius 3 is 2.68 bits per heavy atom. The Morgan fingerprint density at radius 2 is 2.06 bits per heavy atom. The minimum absolute atomic E-state index is 0.0388. The lowest BCUT2D eigenvalue weighted by Crippen LogP contribution is -2.41. The first-order valence-electron chi connectivity index (χ1n) is 11.0. The number of amides is 3. The number of hydrogen-bond acceptors (Lipinski definition) is 7. The van der Waals surface area contributed by atoms with Gasteiger partial charge in [0.15, 0.2) is 0 Å². The molecule has 11 nitrogen and oxygen atoms in total. The van der Waals surface area contributed by atoms with Gasteiger partial charge in [0.2, 0.25) is 17.7 Å². The molecule has 11 heteroatoms. The fraction of sp³-hybridized carbons (Fsp3) is 0.391. The molecular formula is C23H25N7O4. The SMILES string of the molecule is Cc1nc(-c2ccc(C#N)cc2N(N)C(=O)C2CC2)cc(=O)n1CC(=O)NCC1CCC(=O)N1. The Balaban J connectivity index is 1.56. The van der Waals surface area contributed by atoms with E-state index in [-0.39, 0.29) is 47.6 Å². The summed E-state index contributed by atoms with van der Waals surface area (Å²) in [6.07, 6.45) is 2.63. The molecule has 1 saturated carbocycles. The molecule has 1 aromatic carbocycles. The fourth-order valence-electron chi connectivity index (χ4n) is 3.88.